The number of likely N-dealkylation sites (tertiary alicyclic amines) is 1. The third kappa shape index (κ3) is 7.94. The minimum atomic E-state index is 0.818. The highest BCUT2D eigenvalue weighted by Crippen LogP contribution is 2.21. The van der Waals surface area contributed by atoms with Gasteiger partial charge in [-0.25, -0.2) is 0 Å². The molecule has 1 rings (SSSR count). The van der Waals surface area contributed by atoms with Gasteiger partial charge in [0.15, 0.2) is 0 Å². The number of hydrogen-bond acceptors (Lipinski definition) is 2. The summed E-state index contributed by atoms with van der Waals surface area (Å²) in [6.45, 7) is 15.8. The molecule has 2 nitrogen and oxygen atoms in total. The van der Waals surface area contributed by atoms with Gasteiger partial charge in [-0.3, -0.25) is 0 Å². The first-order valence-electron chi connectivity index (χ1n) is 8.38. The van der Waals surface area contributed by atoms with Gasteiger partial charge in [-0.15, -0.1) is 0 Å². The zero-order chi connectivity index (χ0) is 14.3. The quantitative estimate of drug-likeness (QED) is 0.662. The normalized spacial score (nSPS) is 18.9. The van der Waals surface area contributed by atoms with E-state index in [4.69, 9.17) is 0 Å². The molecule has 2 heteroatoms. The van der Waals surface area contributed by atoms with Gasteiger partial charge in [0.05, 0.1) is 0 Å². The molecule has 0 N–H and O–H groups in total. The molecule has 0 aromatic rings. The van der Waals surface area contributed by atoms with Crippen molar-refractivity contribution >= 4 is 0 Å². The van der Waals surface area contributed by atoms with Crippen LogP contribution >= 0.6 is 0 Å². The monoisotopic (exact) mass is 268 g/mol. The Morgan fingerprint density at radius 1 is 1.00 bits per heavy atom. The van der Waals surface area contributed by atoms with E-state index in [1.807, 2.05) is 0 Å². The third-order valence-electron chi connectivity index (χ3n) is 4.34. The second-order valence-corrected chi connectivity index (χ2v) is 7.41. The first kappa shape index (κ1) is 17.0. The van der Waals surface area contributed by atoms with Crippen molar-refractivity contribution in [2.75, 3.05) is 39.8 Å². The lowest BCUT2D eigenvalue weighted by molar-refractivity contribution is 0.154. The molecule has 1 fully saturated rings. The smallest absolute Gasteiger partial charge is 0.000439 e. The summed E-state index contributed by atoms with van der Waals surface area (Å²) in [4.78, 5) is 5.18. The van der Waals surface area contributed by atoms with Crippen LogP contribution in [0.5, 0.6) is 0 Å². The highest BCUT2D eigenvalue weighted by atomic mass is 15.1. The van der Waals surface area contributed by atoms with Gasteiger partial charge >= 0.3 is 0 Å². The van der Waals surface area contributed by atoms with E-state index in [0.29, 0.717) is 0 Å². The van der Waals surface area contributed by atoms with E-state index in [-0.39, 0.29) is 0 Å². The van der Waals surface area contributed by atoms with Crippen LogP contribution in [0.2, 0.25) is 0 Å². The summed E-state index contributed by atoms with van der Waals surface area (Å²) in [5.74, 6) is 2.63. The molecular weight excluding hydrogens is 232 g/mol. The fourth-order valence-electron chi connectivity index (χ4n) is 2.97. The van der Waals surface area contributed by atoms with E-state index in [0.717, 1.165) is 17.8 Å². The maximum Gasteiger partial charge on any atom is 0.000439 e. The predicted molar refractivity (Wildman–Crippen MR) is 85.6 cm³/mol. The standard InChI is InChI=1S/C17H36N2/c1-15(2)6-10-18(5)11-7-17-8-12-19(13-9-17)14-16(3)4/h15-17H,6-14H2,1-5H3. The van der Waals surface area contributed by atoms with Gasteiger partial charge in [-0.1, -0.05) is 27.7 Å². The number of hydrogen-bond donors (Lipinski definition) is 0. The Bertz CT molecular complexity index is 217. The SMILES string of the molecule is CC(C)CCN(C)CCC1CCN(CC(C)C)CC1. The molecule has 0 saturated carbocycles. The maximum atomic E-state index is 2.66. The van der Waals surface area contributed by atoms with Crippen molar-refractivity contribution in [2.45, 2.75) is 53.4 Å². The van der Waals surface area contributed by atoms with E-state index in [2.05, 4.69) is 44.5 Å². The molecule has 1 heterocycles. The molecule has 1 aliphatic rings. The Labute approximate surface area is 121 Å². The molecule has 1 saturated heterocycles. The lowest BCUT2D eigenvalue weighted by Gasteiger charge is -2.33. The van der Waals surface area contributed by atoms with Crippen molar-refractivity contribution in [3.63, 3.8) is 0 Å². The lowest BCUT2D eigenvalue weighted by atomic mass is 9.93. The lowest BCUT2D eigenvalue weighted by Crippen LogP contribution is -2.37. The predicted octanol–water partition coefficient (Wildman–Crippen LogP) is 3.72. The molecule has 19 heavy (non-hydrogen) atoms. The third-order valence-corrected chi connectivity index (χ3v) is 4.34. The van der Waals surface area contributed by atoms with Crippen LogP contribution in [0.4, 0.5) is 0 Å². The van der Waals surface area contributed by atoms with Gasteiger partial charge in [0.2, 0.25) is 0 Å². The molecule has 1 aliphatic heterocycles. The molecule has 114 valence electrons. The molecule has 0 aromatic carbocycles. The zero-order valence-electron chi connectivity index (χ0n) is 14.0. The second kappa shape index (κ2) is 8.97. The minimum absolute atomic E-state index is 0.818. The van der Waals surface area contributed by atoms with E-state index in [1.54, 1.807) is 0 Å². The summed E-state index contributed by atoms with van der Waals surface area (Å²) >= 11 is 0. The van der Waals surface area contributed by atoms with Crippen molar-refractivity contribution in [1.82, 2.24) is 9.80 Å². The van der Waals surface area contributed by atoms with Crippen molar-refractivity contribution in [3.8, 4) is 0 Å². The van der Waals surface area contributed by atoms with E-state index >= 15 is 0 Å². The van der Waals surface area contributed by atoms with Crippen LogP contribution in [0.1, 0.15) is 53.4 Å². The average Bonchev–Trinajstić information content (AvgIpc) is 2.35. The molecule has 0 bridgehead atoms. The highest BCUT2D eigenvalue weighted by molar-refractivity contribution is 4.74. The fourth-order valence-corrected chi connectivity index (χ4v) is 2.97. The summed E-state index contributed by atoms with van der Waals surface area (Å²) in [7, 11) is 2.29. The van der Waals surface area contributed by atoms with Crippen molar-refractivity contribution in [3.05, 3.63) is 0 Å². The minimum Gasteiger partial charge on any atom is -0.306 e. The van der Waals surface area contributed by atoms with Crippen molar-refractivity contribution < 1.29 is 0 Å². The van der Waals surface area contributed by atoms with Gasteiger partial charge in [-0.05, 0) is 76.7 Å². The van der Waals surface area contributed by atoms with Crippen molar-refractivity contribution in [1.29, 1.82) is 0 Å². The van der Waals surface area contributed by atoms with Crippen molar-refractivity contribution in [2.24, 2.45) is 17.8 Å². The highest BCUT2D eigenvalue weighted by Gasteiger charge is 2.19. The van der Waals surface area contributed by atoms with Gasteiger partial charge < -0.3 is 9.80 Å². The molecule has 0 radical (unpaired) electrons. The molecular formula is C17H36N2. The van der Waals surface area contributed by atoms with Crippen LogP contribution in [-0.2, 0) is 0 Å². The average molecular weight is 268 g/mol. The Kier molecular flexibility index (Phi) is 8.01. The van der Waals surface area contributed by atoms with E-state index in [1.165, 1.54) is 58.4 Å². The van der Waals surface area contributed by atoms with Crippen LogP contribution in [-0.4, -0.2) is 49.6 Å². The van der Waals surface area contributed by atoms with Crippen LogP contribution in [0, 0.1) is 17.8 Å². The summed E-state index contributed by atoms with van der Waals surface area (Å²) in [6, 6.07) is 0. The van der Waals surface area contributed by atoms with E-state index in [9.17, 15) is 0 Å². The van der Waals surface area contributed by atoms with Gasteiger partial charge in [0.1, 0.15) is 0 Å². The number of piperidine rings is 1. The summed E-state index contributed by atoms with van der Waals surface area (Å²) < 4.78 is 0. The van der Waals surface area contributed by atoms with Crippen LogP contribution in [0.25, 0.3) is 0 Å². The van der Waals surface area contributed by atoms with Crippen LogP contribution < -0.4 is 0 Å². The Hall–Kier alpha value is -0.0800. The largest absolute Gasteiger partial charge is 0.306 e. The number of nitrogens with zero attached hydrogens (tertiary/aromatic N) is 2. The second-order valence-electron chi connectivity index (χ2n) is 7.41. The number of rotatable bonds is 8. The van der Waals surface area contributed by atoms with Gasteiger partial charge in [0.25, 0.3) is 0 Å². The molecule has 0 atom stereocenters. The molecule has 0 spiro atoms. The van der Waals surface area contributed by atoms with E-state index < -0.39 is 0 Å². The summed E-state index contributed by atoms with van der Waals surface area (Å²) in [6.07, 6.45) is 5.59. The summed E-state index contributed by atoms with van der Waals surface area (Å²) in [5.41, 5.74) is 0. The fraction of sp³-hybridized carbons (Fsp3) is 1.00. The molecule has 0 aliphatic carbocycles. The molecule has 0 aromatic heterocycles. The van der Waals surface area contributed by atoms with Gasteiger partial charge in [-0.2, -0.15) is 0 Å². The van der Waals surface area contributed by atoms with Crippen LogP contribution in [0.3, 0.4) is 0 Å². The molecule has 0 amide bonds. The van der Waals surface area contributed by atoms with Crippen LogP contribution in [0.15, 0.2) is 0 Å². The Morgan fingerprint density at radius 3 is 2.16 bits per heavy atom. The molecule has 0 unspecified atom stereocenters. The first-order chi connectivity index (χ1) is 8.97. The maximum absolute atomic E-state index is 2.66. The topological polar surface area (TPSA) is 6.48 Å². The first-order valence-corrected chi connectivity index (χ1v) is 8.38. The Morgan fingerprint density at radius 2 is 1.63 bits per heavy atom. The Balaban J connectivity index is 2.09. The van der Waals surface area contributed by atoms with Gasteiger partial charge in [0, 0.05) is 6.54 Å². The zero-order valence-corrected chi connectivity index (χ0v) is 14.0. The summed E-state index contributed by atoms with van der Waals surface area (Å²) in [5, 5.41) is 0.